The Hall–Kier alpha value is -1.95. The Labute approximate surface area is 113 Å². The van der Waals surface area contributed by atoms with E-state index in [-0.39, 0.29) is 11.3 Å². The van der Waals surface area contributed by atoms with Crippen LogP contribution in [0.3, 0.4) is 0 Å². The predicted molar refractivity (Wildman–Crippen MR) is 72.9 cm³/mol. The van der Waals surface area contributed by atoms with Gasteiger partial charge in [-0.25, -0.2) is 9.37 Å². The van der Waals surface area contributed by atoms with Gasteiger partial charge in [0.05, 0.1) is 11.3 Å². The van der Waals surface area contributed by atoms with Crippen LogP contribution in [0.15, 0.2) is 23.6 Å². The summed E-state index contributed by atoms with van der Waals surface area (Å²) in [5, 5.41) is 5.12. The van der Waals surface area contributed by atoms with E-state index in [1.165, 1.54) is 23.5 Å². The summed E-state index contributed by atoms with van der Waals surface area (Å²) in [5.74, 6) is -0.382. The number of hydrogen-bond acceptors (Lipinski definition) is 4. The van der Waals surface area contributed by atoms with Crippen LogP contribution >= 0.6 is 11.3 Å². The number of amides is 1. The van der Waals surface area contributed by atoms with Crippen molar-refractivity contribution in [2.75, 3.05) is 11.1 Å². The molecule has 3 N–H and O–H groups in total. The zero-order valence-electron chi connectivity index (χ0n) is 10.0. The van der Waals surface area contributed by atoms with Gasteiger partial charge in [-0.3, -0.25) is 10.1 Å². The minimum absolute atomic E-state index is 0.128. The summed E-state index contributed by atoms with van der Waals surface area (Å²) in [4.78, 5) is 16.3. The topological polar surface area (TPSA) is 68.0 Å². The Morgan fingerprint density at radius 1 is 1.47 bits per heavy atom. The third-order valence-corrected chi connectivity index (χ3v) is 3.77. The Bertz CT molecular complexity index is 637. The van der Waals surface area contributed by atoms with Gasteiger partial charge in [0.15, 0.2) is 5.13 Å². The van der Waals surface area contributed by atoms with Gasteiger partial charge in [-0.1, -0.05) is 0 Å². The van der Waals surface area contributed by atoms with Gasteiger partial charge in [-0.05, 0) is 31.0 Å². The van der Waals surface area contributed by atoms with Crippen molar-refractivity contribution in [2.45, 2.75) is 18.8 Å². The largest absolute Gasteiger partial charge is 0.398 e. The van der Waals surface area contributed by atoms with E-state index in [9.17, 15) is 9.18 Å². The average molecular weight is 277 g/mol. The number of benzene rings is 1. The van der Waals surface area contributed by atoms with E-state index < -0.39 is 11.7 Å². The molecule has 1 aromatic carbocycles. The molecule has 6 heteroatoms. The molecule has 1 heterocycles. The number of halogens is 1. The number of nitrogens with one attached hydrogen (secondary N) is 1. The summed E-state index contributed by atoms with van der Waals surface area (Å²) in [6, 6.07) is 3.72. The summed E-state index contributed by atoms with van der Waals surface area (Å²) >= 11 is 1.37. The van der Waals surface area contributed by atoms with Crippen molar-refractivity contribution < 1.29 is 9.18 Å². The molecule has 0 saturated heterocycles. The van der Waals surface area contributed by atoms with E-state index in [0.29, 0.717) is 11.0 Å². The second-order valence-corrected chi connectivity index (χ2v) is 5.40. The number of anilines is 2. The summed E-state index contributed by atoms with van der Waals surface area (Å²) < 4.78 is 13.1. The van der Waals surface area contributed by atoms with Gasteiger partial charge in [0.2, 0.25) is 0 Å². The molecule has 1 fully saturated rings. The lowest BCUT2D eigenvalue weighted by Crippen LogP contribution is -2.14. The third-order valence-electron chi connectivity index (χ3n) is 3.00. The Morgan fingerprint density at radius 2 is 2.26 bits per heavy atom. The van der Waals surface area contributed by atoms with E-state index in [1.54, 1.807) is 0 Å². The maximum Gasteiger partial charge on any atom is 0.259 e. The van der Waals surface area contributed by atoms with Crippen molar-refractivity contribution in [1.82, 2.24) is 4.98 Å². The van der Waals surface area contributed by atoms with E-state index in [0.717, 1.165) is 24.6 Å². The maximum atomic E-state index is 13.1. The minimum atomic E-state index is -0.489. The highest BCUT2D eigenvalue weighted by Gasteiger charge is 2.26. The van der Waals surface area contributed by atoms with Gasteiger partial charge in [0.1, 0.15) is 5.82 Å². The molecule has 0 bridgehead atoms. The maximum absolute atomic E-state index is 13.1. The van der Waals surface area contributed by atoms with Crippen LogP contribution in [0.4, 0.5) is 15.2 Å². The molecule has 3 rings (SSSR count). The van der Waals surface area contributed by atoms with Gasteiger partial charge in [-0.2, -0.15) is 0 Å². The second kappa shape index (κ2) is 4.62. The lowest BCUT2D eigenvalue weighted by atomic mass is 10.1. The number of rotatable bonds is 3. The van der Waals surface area contributed by atoms with Crippen molar-refractivity contribution >= 4 is 28.1 Å². The van der Waals surface area contributed by atoms with Crippen LogP contribution < -0.4 is 11.1 Å². The number of carbonyl (C=O) groups is 1. The zero-order valence-corrected chi connectivity index (χ0v) is 10.8. The summed E-state index contributed by atoms with van der Waals surface area (Å²) in [6.45, 7) is 0. The first-order valence-electron chi connectivity index (χ1n) is 5.95. The molecule has 19 heavy (non-hydrogen) atoms. The SMILES string of the molecule is Nc1ccc(F)cc1C(=O)Nc1nc(C2CC2)cs1. The predicted octanol–water partition coefficient (Wildman–Crippen LogP) is 2.99. The van der Waals surface area contributed by atoms with Crippen LogP contribution in [0, 0.1) is 5.82 Å². The van der Waals surface area contributed by atoms with Crippen molar-refractivity contribution in [3.8, 4) is 0 Å². The molecule has 0 unspecified atom stereocenters. The van der Waals surface area contributed by atoms with Crippen molar-refractivity contribution in [2.24, 2.45) is 0 Å². The number of nitrogen functional groups attached to an aromatic ring is 1. The van der Waals surface area contributed by atoms with Gasteiger partial charge >= 0.3 is 0 Å². The molecular formula is C13H12FN3OS. The van der Waals surface area contributed by atoms with Crippen LogP contribution in [0.25, 0.3) is 0 Å². The lowest BCUT2D eigenvalue weighted by Gasteiger charge is -2.05. The first-order chi connectivity index (χ1) is 9.13. The fourth-order valence-electron chi connectivity index (χ4n) is 1.80. The van der Waals surface area contributed by atoms with Crippen molar-refractivity contribution in [3.63, 3.8) is 0 Å². The van der Waals surface area contributed by atoms with E-state index in [4.69, 9.17) is 5.73 Å². The van der Waals surface area contributed by atoms with Crippen LogP contribution in [0.1, 0.15) is 34.8 Å². The molecule has 1 aliphatic carbocycles. The highest BCUT2D eigenvalue weighted by molar-refractivity contribution is 7.14. The fourth-order valence-corrected chi connectivity index (χ4v) is 2.59. The minimum Gasteiger partial charge on any atom is -0.398 e. The highest BCUT2D eigenvalue weighted by Crippen LogP contribution is 2.40. The molecule has 1 amide bonds. The molecular weight excluding hydrogens is 265 g/mol. The first-order valence-corrected chi connectivity index (χ1v) is 6.83. The van der Waals surface area contributed by atoms with Crippen LogP contribution in [0.2, 0.25) is 0 Å². The number of nitrogens with two attached hydrogens (primary N) is 1. The molecule has 0 radical (unpaired) electrons. The normalized spacial score (nSPS) is 14.4. The molecule has 1 saturated carbocycles. The standard InChI is InChI=1S/C13H12FN3OS/c14-8-3-4-10(15)9(5-8)12(18)17-13-16-11(6-19-13)7-1-2-7/h3-7H,1-2,15H2,(H,16,17,18). The summed E-state index contributed by atoms with van der Waals surface area (Å²) in [6.07, 6.45) is 2.32. The smallest absolute Gasteiger partial charge is 0.259 e. The second-order valence-electron chi connectivity index (χ2n) is 4.54. The summed E-state index contributed by atoms with van der Waals surface area (Å²) in [5.41, 5.74) is 7.06. The van der Waals surface area contributed by atoms with E-state index in [2.05, 4.69) is 10.3 Å². The molecule has 2 aromatic rings. The van der Waals surface area contributed by atoms with Crippen molar-refractivity contribution in [3.05, 3.63) is 40.7 Å². The Balaban J connectivity index is 1.77. The van der Waals surface area contributed by atoms with Gasteiger partial charge in [0, 0.05) is 17.0 Å². The molecule has 1 aromatic heterocycles. The van der Waals surface area contributed by atoms with Crippen LogP contribution in [-0.4, -0.2) is 10.9 Å². The van der Waals surface area contributed by atoms with Gasteiger partial charge in [0.25, 0.3) is 5.91 Å². The Morgan fingerprint density at radius 3 is 3.00 bits per heavy atom. The zero-order chi connectivity index (χ0) is 13.4. The quantitative estimate of drug-likeness (QED) is 0.847. The lowest BCUT2D eigenvalue weighted by molar-refractivity contribution is 0.102. The molecule has 4 nitrogen and oxygen atoms in total. The number of aromatic nitrogens is 1. The number of carbonyl (C=O) groups excluding carboxylic acids is 1. The molecule has 0 aliphatic heterocycles. The summed E-state index contributed by atoms with van der Waals surface area (Å²) in [7, 11) is 0. The monoisotopic (exact) mass is 277 g/mol. The molecule has 98 valence electrons. The fraction of sp³-hybridized carbons (Fsp3) is 0.231. The Kier molecular flexibility index (Phi) is 2.94. The van der Waals surface area contributed by atoms with Crippen LogP contribution in [0.5, 0.6) is 0 Å². The molecule has 1 aliphatic rings. The average Bonchev–Trinajstić information content (AvgIpc) is 3.13. The number of nitrogens with zero attached hydrogens (tertiary/aromatic N) is 1. The van der Waals surface area contributed by atoms with Crippen molar-refractivity contribution in [1.29, 1.82) is 0 Å². The molecule has 0 spiro atoms. The van der Waals surface area contributed by atoms with E-state index in [1.807, 2.05) is 5.38 Å². The van der Waals surface area contributed by atoms with Gasteiger partial charge in [-0.15, -0.1) is 11.3 Å². The highest BCUT2D eigenvalue weighted by atomic mass is 32.1. The number of hydrogen-bond donors (Lipinski definition) is 2. The first kappa shape index (κ1) is 12.1. The molecule has 0 atom stereocenters. The third kappa shape index (κ3) is 2.58. The van der Waals surface area contributed by atoms with Gasteiger partial charge < -0.3 is 5.73 Å². The number of thiazole rings is 1. The van der Waals surface area contributed by atoms with Crippen LogP contribution in [-0.2, 0) is 0 Å². The van der Waals surface area contributed by atoms with E-state index >= 15 is 0 Å².